The molecule has 19 heavy (non-hydrogen) atoms. The minimum atomic E-state index is -0.129. The number of hydrogen-bond acceptors (Lipinski definition) is 5. The number of rotatable bonds is 3. The molecule has 0 saturated carbocycles. The van der Waals surface area contributed by atoms with Crippen LogP contribution in [0.1, 0.15) is 6.92 Å². The number of carbonyl (C=O) groups is 1. The first-order chi connectivity index (χ1) is 9.11. The summed E-state index contributed by atoms with van der Waals surface area (Å²) >= 11 is 3.32. The zero-order chi connectivity index (χ0) is 13.8. The zero-order valence-corrected chi connectivity index (χ0v) is 12.7. The van der Waals surface area contributed by atoms with Gasteiger partial charge in [0.1, 0.15) is 0 Å². The van der Waals surface area contributed by atoms with Gasteiger partial charge in [0.05, 0.1) is 10.5 Å². The normalized spacial score (nSPS) is 17.4. The molecule has 0 aliphatic carbocycles. The van der Waals surface area contributed by atoms with Crippen LogP contribution in [0.25, 0.3) is 0 Å². The van der Waals surface area contributed by atoms with E-state index in [1.54, 1.807) is 19.4 Å². The van der Waals surface area contributed by atoms with Gasteiger partial charge in [0.25, 0.3) is 0 Å². The van der Waals surface area contributed by atoms with Crippen molar-refractivity contribution < 1.29 is 4.79 Å². The summed E-state index contributed by atoms with van der Waals surface area (Å²) in [6, 6.07) is -0.129. The van der Waals surface area contributed by atoms with Gasteiger partial charge in [-0.3, -0.25) is 4.79 Å². The molecule has 1 aliphatic heterocycles. The maximum atomic E-state index is 12.0. The van der Waals surface area contributed by atoms with E-state index < -0.39 is 0 Å². The molecular weight excluding hydrogens is 310 g/mol. The third-order valence-corrected chi connectivity index (χ3v) is 3.69. The summed E-state index contributed by atoms with van der Waals surface area (Å²) in [5.74, 6) is 0.871. The Labute approximate surface area is 121 Å². The first-order valence-electron chi connectivity index (χ1n) is 6.30. The number of carbonyl (C=O) groups excluding carboxylic acids is 1. The molecule has 1 unspecified atom stereocenters. The Kier molecular flexibility index (Phi) is 4.71. The number of hydrogen-bond donors (Lipinski definition) is 1. The molecule has 104 valence electrons. The number of halogens is 1. The summed E-state index contributed by atoms with van der Waals surface area (Å²) in [6.07, 6.45) is 3.48. The summed E-state index contributed by atoms with van der Waals surface area (Å²) in [5.41, 5.74) is 0. The Balaban J connectivity index is 1.92. The first-order valence-corrected chi connectivity index (χ1v) is 7.09. The monoisotopic (exact) mass is 327 g/mol. The van der Waals surface area contributed by atoms with Gasteiger partial charge in [0.15, 0.2) is 0 Å². The predicted molar refractivity (Wildman–Crippen MR) is 77.0 cm³/mol. The molecule has 2 heterocycles. The smallest absolute Gasteiger partial charge is 0.239 e. The van der Waals surface area contributed by atoms with Crippen LogP contribution >= 0.6 is 15.9 Å². The van der Waals surface area contributed by atoms with Gasteiger partial charge in [0.2, 0.25) is 11.9 Å². The highest BCUT2D eigenvalue weighted by atomic mass is 79.9. The van der Waals surface area contributed by atoms with Crippen LogP contribution in [0.15, 0.2) is 16.9 Å². The Morgan fingerprint density at radius 2 is 1.89 bits per heavy atom. The van der Waals surface area contributed by atoms with E-state index in [4.69, 9.17) is 0 Å². The van der Waals surface area contributed by atoms with Crippen molar-refractivity contribution in [3.8, 4) is 0 Å². The molecule has 1 atom stereocenters. The lowest BCUT2D eigenvalue weighted by molar-refractivity contribution is -0.133. The first kappa shape index (κ1) is 14.2. The lowest BCUT2D eigenvalue weighted by Gasteiger charge is -2.35. The van der Waals surface area contributed by atoms with Crippen molar-refractivity contribution in [3.05, 3.63) is 16.9 Å². The second kappa shape index (κ2) is 6.29. The fraction of sp³-hybridized carbons (Fsp3) is 0.583. The van der Waals surface area contributed by atoms with Crippen LogP contribution in [0.2, 0.25) is 0 Å². The minimum Gasteiger partial charge on any atom is -0.338 e. The van der Waals surface area contributed by atoms with E-state index in [-0.39, 0.29) is 11.9 Å². The Bertz CT molecular complexity index is 430. The fourth-order valence-electron chi connectivity index (χ4n) is 1.99. The van der Waals surface area contributed by atoms with Crippen molar-refractivity contribution in [2.24, 2.45) is 0 Å². The molecule has 1 aromatic rings. The summed E-state index contributed by atoms with van der Waals surface area (Å²) in [4.78, 5) is 24.6. The van der Waals surface area contributed by atoms with Crippen LogP contribution in [0.3, 0.4) is 0 Å². The van der Waals surface area contributed by atoms with E-state index in [1.807, 2.05) is 11.8 Å². The minimum absolute atomic E-state index is 0.129. The largest absolute Gasteiger partial charge is 0.338 e. The number of anilines is 1. The number of nitrogens with zero attached hydrogens (tertiary/aromatic N) is 4. The van der Waals surface area contributed by atoms with Crippen LogP contribution in [-0.4, -0.2) is 60.0 Å². The maximum Gasteiger partial charge on any atom is 0.239 e. The molecular formula is C12H18BrN5O. The van der Waals surface area contributed by atoms with E-state index in [0.29, 0.717) is 13.1 Å². The number of aromatic nitrogens is 2. The van der Waals surface area contributed by atoms with Gasteiger partial charge >= 0.3 is 0 Å². The molecule has 1 aliphatic rings. The summed E-state index contributed by atoms with van der Waals surface area (Å²) in [6.45, 7) is 4.84. The maximum absolute atomic E-state index is 12.0. The molecule has 6 nitrogen and oxygen atoms in total. The van der Waals surface area contributed by atoms with E-state index >= 15 is 0 Å². The van der Waals surface area contributed by atoms with Gasteiger partial charge in [-0.15, -0.1) is 0 Å². The van der Waals surface area contributed by atoms with Gasteiger partial charge in [-0.1, -0.05) is 0 Å². The van der Waals surface area contributed by atoms with E-state index in [9.17, 15) is 4.79 Å². The highest BCUT2D eigenvalue weighted by molar-refractivity contribution is 9.10. The predicted octanol–water partition coefficient (Wildman–Crippen LogP) is 0.496. The molecule has 1 saturated heterocycles. The molecule has 0 radical (unpaired) electrons. The third-order valence-electron chi connectivity index (χ3n) is 3.28. The molecule has 0 bridgehead atoms. The van der Waals surface area contributed by atoms with Crippen molar-refractivity contribution >= 4 is 27.8 Å². The second-order valence-electron chi connectivity index (χ2n) is 4.52. The second-order valence-corrected chi connectivity index (χ2v) is 5.44. The molecule has 1 N–H and O–H groups in total. The Morgan fingerprint density at radius 3 is 2.42 bits per heavy atom. The van der Waals surface area contributed by atoms with Gasteiger partial charge in [0, 0.05) is 38.6 Å². The van der Waals surface area contributed by atoms with Gasteiger partial charge < -0.3 is 15.1 Å². The van der Waals surface area contributed by atoms with E-state index in [1.165, 1.54) is 0 Å². The van der Waals surface area contributed by atoms with Crippen molar-refractivity contribution in [1.29, 1.82) is 0 Å². The highest BCUT2D eigenvalue weighted by Crippen LogP contribution is 2.13. The summed E-state index contributed by atoms with van der Waals surface area (Å²) in [7, 11) is 1.80. The van der Waals surface area contributed by atoms with Crippen molar-refractivity contribution in [1.82, 2.24) is 20.2 Å². The fourth-order valence-corrected chi connectivity index (χ4v) is 2.20. The van der Waals surface area contributed by atoms with Gasteiger partial charge in [-0.05, 0) is 29.9 Å². The van der Waals surface area contributed by atoms with Gasteiger partial charge in [-0.25, -0.2) is 9.97 Å². The molecule has 1 aromatic heterocycles. The zero-order valence-electron chi connectivity index (χ0n) is 11.1. The van der Waals surface area contributed by atoms with Crippen LogP contribution in [-0.2, 0) is 4.79 Å². The van der Waals surface area contributed by atoms with Crippen LogP contribution < -0.4 is 10.2 Å². The molecule has 1 amide bonds. The van der Waals surface area contributed by atoms with E-state index in [0.717, 1.165) is 23.5 Å². The Morgan fingerprint density at radius 1 is 1.32 bits per heavy atom. The lowest BCUT2D eigenvalue weighted by atomic mass is 10.2. The average molecular weight is 328 g/mol. The van der Waals surface area contributed by atoms with Crippen molar-refractivity contribution in [2.45, 2.75) is 13.0 Å². The number of likely N-dealkylation sites (N-methyl/N-ethyl adjacent to an activating group) is 1. The number of nitrogens with one attached hydrogen (secondary N) is 1. The van der Waals surface area contributed by atoms with Crippen molar-refractivity contribution in [2.75, 3.05) is 38.1 Å². The van der Waals surface area contributed by atoms with Crippen LogP contribution in [0.5, 0.6) is 0 Å². The van der Waals surface area contributed by atoms with E-state index in [2.05, 4.69) is 36.1 Å². The molecule has 0 spiro atoms. The van der Waals surface area contributed by atoms with Crippen LogP contribution in [0, 0.1) is 0 Å². The van der Waals surface area contributed by atoms with Crippen LogP contribution in [0.4, 0.5) is 5.95 Å². The SMILES string of the molecule is CNC(C)C(=O)N1CCN(c2ncc(Br)cn2)CC1. The third kappa shape index (κ3) is 3.42. The van der Waals surface area contributed by atoms with Crippen molar-refractivity contribution in [3.63, 3.8) is 0 Å². The molecule has 1 fully saturated rings. The highest BCUT2D eigenvalue weighted by Gasteiger charge is 2.24. The quantitative estimate of drug-likeness (QED) is 0.875. The topological polar surface area (TPSA) is 61.4 Å². The summed E-state index contributed by atoms with van der Waals surface area (Å²) in [5, 5.41) is 2.98. The molecule has 2 rings (SSSR count). The van der Waals surface area contributed by atoms with Gasteiger partial charge in [-0.2, -0.15) is 0 Å². The lowest BCUT2D eigenvalue weighted by Crippen LogP contribution is -2.53. The number of piperazine rings is 1. The standard InChI is InChI=1S/C12H18BrN5O/c1-9(14-2)11(19)17-3-5-18(6-4-17)12-15-7-10(13)8-16-12/h7-9,14H,3-6H2,1-2H3. The average Bonchev–Trinajstić information content (AvgIpc) is 2.46. The molecule has 7 heteroatoms. The molecule has 0 aromatic carbocycles. The Hall–Kier alpha value is -1.21. The summed E-state index contributed by atoms with van der Waals surface area (Å²) < 4.78 is 0.868. The number of amides is 1.